The van der Waals surface area contributed by atoms with E-state index in [-0.39, 0.29) is 5.82 Å². The van der Waals surface area contributed by atoms with Crippen molar-refractivity contribution in [1.82, 2.24) is 0 Å². The molecule has 1 aromatic carbocycles. The van der Waals surface area contributed by atoms with Gasteiger partial charge >= 0.3 is 0 Å². The SMILES string of the molecule is CON=Cc1ccc(C)c(F)c1. The number of halogens is 1. The van der Waals surface area contributed by atoms with Gasteiger partial charge in [0.05, 0.1) is 6.21 Å². The molecule has 0 aromatic heterocycles. The standard InChI is InChI=1S/C9H10FNO/c1-7-3-4-8(5-9(7)10)6-11-12-2/h3-6H,1-2H3. The Hall–Kier alpha value is -1.38. The van der Waals surface area contributed by atoms with Crippen molar-refractivity contribution in [2.75, 3.05) is 7.11 Å². The molecule has 0 aliphatic heterocycles. The zero-order valence-corrected chi connectivity index (χ0v) is 7.04. The number of aryl methyl sites for hydroxylation is 1. The molecule has 64 valence electrons. The third-order valence-electron chi connectivity index (χ3n) is 1.50. The van der Waals surface area contributed by atoms with Crippen LogP contribution in [0.1, 0.15) is 11.1 Å². The Balaban J connectivity index is 2.89. The van der Waals surface area contributed by atoms with Gasteiger partial charge in [-0.15, -0.1) is 0 Å². The van der Waals surface area contributed by atoms with Gasteiger partial charge in [0.2, 0.25) is 0 Å². The Morgan fingerprint density at radius 1 is 1.50 bits per heavy atom. The van der Waals surface area contributed by atoms with Crippen LogP contribution in [0.5, 0.6) is 0 Å². The lowest BCUT2D eigenvalue weighted by molar-refractivity contribution is 0.215. The van der Waals surface area contributed by atoms with Crippen molar-refractivity contribution in [3.63, 3.8) is 0 Å². The van der Waals surface area contributed by atoms with Gasteiger partial charge in [0.15, 0.2) is 0 Å². The van der Waals surface area contributed by atoms with E-state index in [4.69, 9.17) is 0 Å². The number of hydrogen-bond donors (Lipinski definition) is 0. The molecule has 0 atom stereocenters. The highest BCUT2D eigenvalue weighted by Gasteiger charge is 1.96. The summed E-state index contributed by atoms with van der Waals surface area (Å²) in [5, 5.41) is 3.52. The minimum absolute atomic E-state index is 0.227. The van der Waals surface area contributed by atoms with E-state index >= 15 is 0 Å². The van der Waals surface area contributed by atoms with Crippen LogP contribution in [-0.4, -0.2) is 13.3 Å². The maximum absolute atomic E-state index is 12.9. The van der Waals surface area contributed by atoms with Crippen LogP contribution < -0.4 is 0 Å². The van der Waals surface area contributed by atoms with Crippen LogP contribution in [0, 0.1) is 12.7 Å². The first kappa shape index (κ1) is 8.71. The summed E-state index contributed by atoms with van der Waals surface area (Å²) in [5.41, 5.74) is 1.32. The molecule has 0 saturated carbocycles. The first-order valence-corrected chi connectivity index (χ1v) is 3.56. The average Bonchev–Trinajstić information content (AvgIpc) is 2.07. The highest BCUT2D eigenvalue weighted by molar-refractivity contribution is 5.79. The van der Waals surface area contributed by atoms with Gasteiger partial charge in [-0.05, 0) is 24.1 Å². The van der Waals surface area contributed by atoms with E-state index in [1.807, 2.05) is 0 Å². The predicted molar refractivity (Wildman–Crippen MR) is 45.7 cm³/mol. The fourth-order valence-corrected chi connectivity index (χ4v) is 0.803. The lowest BCUT2D eigenvalue weighted by Crippen LogP contribution is -1.87. The summed E-state index contributed by atoms with van der Waals surface area (Å²) in [6.07, 6.45) is 1.46. The summed E-state index contributed by atoms with van der Waals surface area (Å²) in [4.78, 5) is 4.46. The number of oxime groups is 1. The Kier molecular flexibility index (Phi) is 2.80. The minimum atomic E-state index is -0.227. The molecule has 0 spiro atoms. The lowest BCUT2D eigenvalue weighted by atomic mass is 10.1. The number of rotatable bonds is 2. The summed E-state index contributed by atoms with van der Waals surface area (Å²) in [7, 11) is 1.45. The minimum Gasteiger partial charge on any atom is -0.399 e. The van der Waals surface area contributed by atoms with Crippen LogP contribution in [0.2, 0.25) is 0 Å². The normalized spacial score (nSPS) is 10.6. The van der Waals surface area contributed by atoms with E-state index in [0.717, 1.165) is 0 Å². The molecule has 0 unspecified atom stereocenters. The maximum atomic E-state index is 12.9. The molecular formula is C9H10FNO. The van der Waals surface area contributed by atoms with E-state index in [1.165, 1.54) is 19.4 Å². The van der Waals surface area contributed by atoms with Gasteiger partial charge in [-0.1, -0.05) is 17.3 Å². The zero-order chi connectivity index (χ0) is 8.97. The summed E-state index contributed by atoms with van der Waals surface area (Å²) >= 11 is 0. The molecule has 0 fully saturated rings. The first-order chi connectivity index (χ1) is 5.74. The van der Waals surface area contributed by atoms with E-state index in [0.29, 0.717) is 11.1 Å². The second-order valence-corrected chi connectivity index (χ2v) is 2.43. The molecule has 0 bridgehead atoms. The monoisotopic (exact) mass is 167 g/mol. The Morgan fingerprint density at radius 3 is 2.83 bits per heavy atom. The van der Waals surface area contributed by atoms with Crippen molar-refractivity contribution in [1.29, 1.82) is 0 Å². The van der Waals surface area contributed by atoms with Crippen LogP contribution in [0.3, 0.4) is 0 Å². The third-order valence-corrected chi connectivity index (χ3v) is 1.50. The van der Waals surface area contributed by atoms with Crippen molar-refractivity contribution in [2.45, 2.75) is 6.92 Å². The van der Waals surface area contributed by atoms with Crippen LogP contribution >= 0.6 is 0 Å². The van der Waals surface area contributed by atoms with Crippen LogP contribution in [-0.2, 0) is 4.84 Å². The quantitative estimate of drug-likeness (QED) is 0.488. The first-order valence-electron chi connectivity index (χ1n) is 3.56. The zero-order valence-electron chi connectivity index (χ0n) is 7.04. The lowest BCUT2D eigenvalue weighted by Gasteiger charge is -1.96. The van der Waals surface area contributed by atoms with Gasteiger partial charge in [-0.3, -0.25) is 0 Å². The Labute approximate surface area is 70.7 Å². The number of nitrogens with zero attached hydrogens (tertiary/aromatic N) is 1. The van der Waals surface area contributed by atoms with Crippen molar-refractivity contribution in [2.24, 2.45) is 5.16 Å². The molecule has 0 aliphatic carbocycles. The number of benzene rings is 1. The molecule has 1 aromatic rings. The van der Waals surface area contributed by atoms with Gasteiger partial charge < -0.3 is 4.84 Å². The molecule has 0 aliphatic rings. The second kappa shape index (κ2) is 3.85. The van der Waals surface area contributed by atoms with Gasteiger partial charge in [0.25, 0.3) is 0 Å². The van der Waals surface area contributed by atoms with Crippen LogP contribution in [0.15, 0.2) is 23.4 Å². The summed E-state index contributed by atoms with van der Waals surface area (Å²) in [5.74, 6) is -0.227. The number of hydrogen-bond acceptors (Lipinski definition) is 2. The Morgan fingerprint density at radius 2 is 2.25 bits per heavy atom. The van der Waals surface area contributed by atoms with Gasteiger partial charge in [0.1, 0.15) is 12.9 Å². The summed E-state index contributed by atoms with van der Waals surface area (Å²) < 4.78 is 12.9. The van der Waals surface area contributed by atoms with Gasteiger partial charge in [-0.25, -0.2) is 4.39 Å². The van der Waals surface area contributed by atoms with Crippen molar-refractivity contribution < 1.29 is 9.23 Å². The molecule has 0 radical (unpaired) electrons. The molecule has 0 saturated heterocycles. The Bertz CT molecular complexity index is 297. The highest BCUT2D eigenvalue weighted by atomic mass is 19.1. The molecule has 0 amide bonds. The fraction of sp³-hybridized carbons (Fsp3) is 0.222. The molecule has 2 nitrogen and oxygen atoms in total. The second-order valence-electron chi connectivity index (χ2n) is 2.43. The van der Waals surface area contributed by atoms with E-state index in [2.05, 4.69) is 9.99 Å². The topological polar surface area (TPSA) is 21.6 Å². The molecular weight excluding hydrogens is 157 g/mol. The van der Waals surface area contributed by atoms with Crippen molar-refractivity contribution in [3.8, 4) is 0 Å². The van der Waals surface area contributed by atoms with Crippen LogP contribution in [0.4, 0.5) is 4.39 Å². The van der Waals surface area contributed by atoms with Crippen LogP contribution in [0.25, 0.3) is 0 Å². The molecule has 1 rings (SSSR count). The molecule has 0 N–H and O–H groups in total. The maximum Gasteiger partial charge on any atom is 0.126 e. The van der Waals surface area contributed by atoms with Crippen molar-refractivity contribution >= 4 is 6.21 Å². The van der Waals surface area contributed by atoms with Gasteiger partial charge in [0, 0.05) is 0 Å². The van der Waals surface area contributed by atoms with Crippen molar-refractivity contribution in [3.05, 3.63) is 35.1 Å². The van der Waals surface area contributed by atoms with E-state index < -0.39 is 0 Å². The predicted octanol–water partition coefficient (Wildman–Crippen LogP) is 2.11. The van der Waals surface area contributed by atoms with Gasteiger partial charge in [-0.2, -0.15) is 0 Å². The average molecular weight is 167 g/mol. The van der Waals surface area contributed by atoms with E-state index in [1.54, 1.807) is 19.1 Å². The molecule has 3 heteroatoms. The van der Waals surface area contributed by atoms with E-state index in [9.17, 15) is 4.39 Å². The highest BCUT2D eigenvalue weighted by Crippen LogP contribution is 2.07. The molecule has 0 heterocycles. The fourth-order valence-electron chi connectivity index (χ4n) is 0.803. The largest absolute Gasteiger partial charge is 0.399 e. The molecule has 12 heavy (non-hydrogen) atoms. The third kappa shape index (κ3) is 2.05. The summed E-state index contributed by atoms with van der Waals surface area (Å²) in [6, 6.07) is 4.89. The summed E-state index contributed by atoms with van der Waals surface area (Å²) in [6.45, 7) is 1.71. The smallest absolute Gasteiger partial charge is 0.126 e.